The number of ether oxygens (including phenoxy) is 2. The minimum absolute atomic E-state index is 0.137. The van der Waals surface area contributed by atoms with Gasteiger partial charge in [-0.1, -0.05) is 26.0 Å². The van der Waals surface area contributed by atoms with Crippen LogP contribution in [-0.4, -0.2) is 18.1 Å². The maximum Gasteiger partial charge on any atom is 0.265 e. The van der Waals surface area contributed by atoms with Gasteiger partial charge in [-0.2, -0.15) is 0 Å². The summed E-state index contributed by atoms with van der Waals surface area (Å²) in [6, 6.07) is 15.5. The molecular formula is C23H29NO3. The Hall–Kier alpha value is -2.49. The normalized spacial score (nSPS) is 15.3. The van der Waals surface area contributed by atoms with Crippen molar-refractivity contribution >= 4 is 11.6 Å². The molecule has 2 aromatic carbocycles. The Bertz CT molecular complexity index is 718. The predicted octanol–water partition coefficient (Wildman–Crippen LogP) is 5.37. The van der Waals surface area contributed by atoms with E-state index in [1.807, 2.05) is 55.5 Å². The zero-order valence-corrected chi connectivity index (χ0v) is 16.2. The molecule has 1 N–H and O–H groups in total. The van der Waals surface area contributed by atoms with Gasteiger partial charge in [-0.05, 0) is 80.5 Å². The molecule has 4 nitrogen and oxygen atoms in total. The van der Waals surface area contributed by atoms with Crippen LogP contribution >= 0.6 is 0 Å². The fraction of sp³-hybridized carbons (Fsp3) is 0.435. The molecule has 2 aromatic rings. The first-order valence-corrected chi connectivity index (χ1v) is 10.0. The summed E-state index contributed by atoms with van der Waals surface area (Å²) < 4.78 is 11.8. The Morgan fingerprint density at radius 3 is 2.22 bits per heavy atom. The van der Waals surface area contributed by atoms with Crippen molar-refractivity contribution in [2.45, 2.75) is 64.6 Å². The predicted molar refractivity (Wildman–Crippen MR) is 108 cm³/mol. The van der Waals surface area contributed by atoms with Crippen molar-refractivity contribution < 1.29 is 14.3 Å². The van der Waals surface area contributed by atoms with Crippen LogP contribution in [0.25, 0.3) is 0 Å². The van der Waals surface area contributed by atoms with Crippen LogP contribution in [0.5, 0.6) is 11.5 Å². The molecule has 1 saturated carbocycles. The highest BCUT2D eigenvalue weighted by Gasteiger charge is 2.19. The summed E-state index contributed by atoms with van der Waals surface area (Å²) in [5.41, 5.74) is 2.00. The van der Waals surface area contributed by atoms with Crippen molar-refractivity contribution in [1.82, 2.24) is 0 Å². The number of nitrogens with one attached hydrogen (secondary N) is 1. The van der Waals surface area contributed by atoms with E-state index in [9.17, 15) is 4.79 Å². The zero-order chi connectivity index (χ0) is 19.1. The molecular weight excluding hydrogens is 338 g/mol. The third-order valence-corrected chi connectivity index (χ3v) is 5.00. The lowest BCUT2D eigenvalue weighted by Gasteiger charge is -2.18. The average molecular weight is 367 g/mol. The van der Waals surface area contributed by atoms with E-state index in [1.54, 1.807) is 0 Å². The number of aryl methyl sites for hydroxylation is 1. The average Bonchev–Trinajstić information content (AvgIpc) is 3.21. The first-order valence-electron chi connectivity index (χ1n) is 10.0. The van der Waals surface area contributed by atoms with Gasteiger partial charge in [-0.25, -0.2) is 0 Å². The lowest BCUT2D eigenvalue weighted by Crippen LogP contribution is -2.32. The van der Waals surface area contributed by atoms with E-state index >= 15 is 0 Å². The summed E-state index contributed by atoms with van der Waals surface area (Å²) in [5.74, 6) is 1.44. The third-order valence-electron chi connectivity index (χ3n) is 5.00. The summed E-state index contributed by atoms with van der Waals surface area (Å²) in [7, 11) is 0. The third kappa shape index (κ3) is 5.49. The summed E-state index contributed by atoms with van der Waals surface area (Å²) >= 11 is 0. The van der Waals surface area contributed by atoms with E-state index in [0.717, 1.165) is 36.4 Å². The van der Waals surface area contributed by atoms with Gasteiger partial charge < -0.3 is 14.8 Å². The maximum atomic E-state index is 12.6. The van der Waals surface area contributed by atoms with Crippen LogP contribution in [0.1, 0.15) is 51.5 Å². The Balaban J connectivity index is 1.55. The monoisotopic (exact) mass is 367 g/mol. The van der Waals surface area contributed by atoms with Crippen molar-refractivity contribution in [3.63, 3.8) is 0 Å². The Kier molecular flexibility index (Phi) is 6.74. The van der Waals surface area contributed by atoms with Gasteiger partial charge in [-0.15, -0.1) is 0 Å². The number of amides is 1. The van der Waals surface area contributed by atoms with Crippen LogP contribution in [0.2, 0.25) is 0 Å². The molecule has 0 bridgehead atoms. The van der Waals surface area contributed by atoms with E-state index in [4.69, 9.17) is 9.47 Å². The molecule has 1 unspecified atom stereocenters. The molecule has 1 aliphatic rings. The van der Waals surface area contributed by atoms with Gasteiger partial charge >= 0.3 is 0 Å². The van der Waals surface area contributed by atoms with E-state index in [1.165, 1.54) is 18.4 Å². The van der Waals surface area contributed by atoms with Crippen molar-refractivity contribution in [1.29, 1.82) is 0 Å². The largest absolute Gasteiger partial charge is 0.490 e. The Morgan fingerprint density at radius 1 is 1.00 bits per heavy atom. The minimum atomic E-state index is -0.521. The first kappa shape index (κ1) is 19.3. The topological polar surface area (TPSA) is 47.6 Å². The van der Waals surface area contributed by atoms with E-state index in [-0.39, 0.29) is 5.91 Å². The van der Waals surface area contributed by atoms with Gasteiger partial charge in [0.1, 0.15) is 11.5 Å². The second kappa shape index (κ2) is 9.45. The minimum Gasteiger partial charge on any atom is -0.490 e. The van der Waals surface area contributed by atoms with Crippen LogP contribution in [-0.2, 0) is 11.2 Å². The zero-order valence-electron chi connectivity index (χ0n) is 16.2. The highest BCUT2D eigenvalue weighted by Crippen LogP contribution is 2.25. The first-order chi connectivity index (χ1) is 13.2. The second-order valence-corrected chi connectivity index (χ2v) is 7.05. The van der Waals surface area contributed by atoms with Crippen LogP contribution in [0.3, 0.4) is 0 Å². The highest BCUT2D eigenvalue weighted by atomic mass is 16.5. The maximum absolute atomic E-state index is 12.6. The van der Waals surface area contributed by atoms with Gasteiger partial charge in [-0.3, -0.25) is 4.79 Å². The Morgan fingerprint density at radius 2 is 1.63 bits per heavy atom. The number of anilines is 1. The molecule has 0 aromatic heterocycles. The van der Waals surface area contributed by atoms with Crippen LogP contribution in [0.15, 0.2) is 48.5 Å². The SMILES string of the molecule is CCc1ccc(OC(CC)C(=O)Nc2ccc(OC3CCCC3)cc2)cc1. The van der Waals surface area contributed by atoms with Gasteiger partial charge in [0, 0.05) is 5.69 Å². The van der Waals surface area contributed by atoms with Crippen molar-refractivity contribution in [2.24, 2.45) is 0 Å². The fourth-order valence-corrected chi connectivity index (χ4v) is 3.33. The summed E-state index contributed by atoms with van der Waals surface area (Å²) in [5, 5.41) is 2.94. The molecule has 0 spiro atoms. The summed E-state index contributed by atoms with van der Waals surface area (Å²) in [6.07, 6.45) is 6.16. The van der Waals surface area contributed by atoms with Crippen molar-refractivity contribution in [3.05, 3.63) is 54.1 Å². The van der Waals surface area contributed by atoms with E-state index in [2.05, 4.69) is 12.2 Å². The van der Waals surface area contributed by atoms with E-state index in [0.29, 0.717) is 12.5 Å². The second-order valence-electron chi connectivity index (χ2n) is 7.05. The molecule has 1 fully saturated rings. The molecule has 1 atom stereocenters. The highest BCUT2D eigenvalue weighted by molar-refractivity contribution is 5.94. The van der Waals surface area contributed by atoms with Gasteiger partial charge in [0.15, 0.2) is 6.10 Å². The molecule has 4 heteroatoms. The van der Waals surface area contributed by atoms with Crippen molar-refractivity contribution in [3.8, 4) is 11.5 Å². The van der Waals surface area contributed by atoms with Crippen LogP contribution in [0.4, 0.5) is 5.69 Å². The molecule has 0 radical (unpaired) electrons. The molecule has 1 aliphatic carbocycles. The van der Waals surface area contributed by atoms with Gasteiger partial charge in [0.05, 0.1) is 6.10 Å². The number of hydrogen-bond acceptors (Lipinski definition) is 3. The molecule has 27 heavy (non-hydrogen) atoms. The van der Waals surface area contributed by atoms with Gasteiger partial charge in [0.2, 0.25) is 0 Å². The van der Waals surface area contributed by atoms with Crippen LogP contribution in [0, 0.1) is 0 Å². The number of rotatable bonds is 8. The molecule has 0 saturated heterocycles. The molecule has 1 amide bonds. The van der Waals surface area contributed by atoms with E-state index < -0.39 is 6.10 Å². The molecule has 0 heterocycles. The molecule has 0 aliphatic heterocycles. The number of hydrogen-bond donors (Lipinski definition) is 1. The van der Waals surface area contributed by atoms with Crippen LogP contribution < -0.4 is 14.8 Å². The van der Waals surface area contributed by atoms with Gasteiger partial charge in [0.25, 0.3) is 5.91 Å². The summed E-state index contributed by atoms with van der Waals surface area (Å²) in [6.45, 7) is 4.06. The molecule has 3 rings (SSSR count). The quantitative estimate of drug-likeness (QED) is 0.682. The smallest absolute Gasteiger partial charge is 0.265 e. The van der Waals surface area contributed by atoms with Crippen molar-refractivity contribution in [2.75, 3.05) is 5.32 Å². The fourth-order valence-electron chi connectivity index (χ4n) is 3.33. The lowest BCUT2D eigenvalue weighted by molar-refractivity contribution is -0.122. The number of carbonyl (C=O) groups excluding carboxylic acids is 1. The Labute approximate surface area is 161 Å². The molecule has 144 valence electrons. The standard InChI is InChI=1S/C23H29NO3/c1-3-17-9-13-21(14-10-17)27-22(4-2)23(25)24-18-11-15-20(16-12-18)26-19-7-5-6-8-19/h9-16,19,22H,3-8H2,1-2H3,(H,24,25). The summed E-state index contributed by atoms with van der Waals surface area (Å²) in [4.78, 5) is 12.6. The number of benzene rings is 2. The number of carbonyl (C=O) groups is 1. The lowest BCUT2D eigenvalue weighted by atomic mass is 10.1.